The van der Waals surface area contributed by atoms with Crippen LogP contribution in [0.15, 0.2) is 29.4 Å². The molecule has 120 valence electrons. The quantitative estimate of drug-likeness (QED) is 0.673. The van der Waals surface area contributed by atoms with E-state index in [9.17, 15) is 9.18 Å². The number of hydrogen-bond donors (Lipinski definition) is 1. The number of hydrogen-bond acceptors (Lipinski definition) is 5. The van der Waals surface area contributed by atoms with Crippen LogP contribution in [0.3, 0.4) is 0 Å². The minimum atomic E-state index is -0.299. The summed E-state index contributed by atoms with van der Waals surface area (Å²) in [7, 11) is 0. The van der Waals surface area contributed by atoms with Gasteiger partial charge in [0, 0.05) is 11.3 Å². The number of fused-ring (bicyclic) bond motifs is 1. The van der Waals surface area contributed by atoms with Crippen LogP contribution in [0.4, 0.5) is 16.0 Å². The van der Waals surface area contributed by atoms with Crippen molar-refractivity contribution in [2.45, 2.75) is 31.5 Å². The van der Waals surface area contributed by atoms with Gasteiger partial charge in [0.1, 0.15) is 17.5 Å². The number of nitrogens with zero attached hydrogens (tertiary/aromatic N) is 3. The van der Waals surface area contributed by atoms with Gasteiger partial charge in [-0.05, 0) is 24.1 Å². The van der Waals surface area contributed by atoms with E-state index in [1.807, 2.05) is 0 Å². The van der Waals surface area contributed by atoms with Crippen LogP contribution in [-0.4, -0.2) is 21.6 Å². The highest BCUT2D eigenvalue weighted by molar-refractivity contribution is 7.99. The predicted molar refractivity (Wildman–Crippen MR) is 88.8 cm³/mol. The standard InChI is InChI=1S/C16H17FN4OS/c1-2-7-23-16-19-14(18)12-8-13(22)21(15(12)20-16)9-10-3-5-11(17)6-4-10/h3-6H,2,7-9H2,1H3,(H2,18,19,20). The van der Waals surface area contributed by atoms with Gasteiger partial charge in [-0.3, -0.25) is 9.69 Å². The number of benzene rings is 1. The van der Waals surface area contributed by atoms with E-state index in [0.29, 0.717) is 28.9 Å². The summed E-state index contributed by atoms with van der Waals surface area (Å²) in [5.74, 6) is 1.47. The van der Waals surface area contributed by atoms with Gasteiger partial charge >= 0.3 is 0 Å². The van der Waals surface area contributed by atoms with E-state index in [0.717, 1.165) is 17.7 Å². The van der Waals surface area contributed by atoms with Crippen LogP contribution >= 0.6 is 11.8 Å². The number of anilines is 2. The molecule has 0 atom stereocenters. The third-order valence-electron chi connectivity index (χ3n) is 3.57. The van der Waals surface area contributed by atoms with E-state index in [1.165, 1.54) is 23.9 Å². The highest BCUT2D eigenvalue weighted by atomic mass is 32.2. The third-order valence-corrected chi connectivity index (χ3v) is 4.62. The van der Waals surface area contributed by atoms with Crippen LogP contribution in [0, 0.1) is 5.82 Å². The van der Waals surface area contributed by atoms with Crippen molar-refractivity contribution in [3.05, 3.63) is 41.2 Å². The van der Waals surface area contributed by atoms with Gasteiger partial charge in [0.15, 0.2) is 5.16 Å². The highest BCUT2D eigenvalue weighted by Crippen LogP contribution is 2.33. The van der Waals surface area contributed by atoms with Crippen LogP contribution in [-0.2, 0) is 17.8 Å². The van der Waals surface area contributed by atoms with E-state index in [4.69, 9.17) is 5.73 Å². The molecule has 0 saturated carbocycles. The van der Waals surface area contributed by atoms with Crippen molar-refractivity contribution in [3.63, 3.8) is 0 Å². The maximum atomic E-state index is 13.0. The number of halogens is 1. The number of thioether (sulfide) groups is 1. The lowest BCUT2D eigenvalue weighted by Gasteiger charge is -2.17. The average Bonchev–Trinajstić information content (AvgIpc) is 2.84. The largest absolute Gasteiger partial charge is 0.383 e. The summed E-state index contributed by atoms with van der Waals surface area (Å²) in [6, 6.07) is 6.09. The molecular formula is C16H17FN4OS. The Bertz CT molecular complexity index is 736. The van der Waals surface area contributed by atoms with E-state index in [2.05, 4.69) is 16.9 Å². The fraction of sp³-hybridized carbons (Fsp3) is 0.312. The zero-order chi connectivity index (χ0) is 16.4. The molecule has 2 heterocycles. The van der Waals surface area contributed by atoms with Crippen LogP contribution in [0.2, 0.25) is 0 Å². The SMILES string of the molecule is CCCSc1nc(N)c2c(n1)N(Cc1ccc(F)cc1)C(=O)C2. The van der Waals surface area contributed by atoms with Gasteiger partial charge < -0.3 is 5.73 Å². The first-order valence-corrected chi connectivity index (χ1v) is 8.41. The molecule has 1 aliphatic rings. The molecule has 3 rings (SSSR count). The molecule has 2 N–H and O–H groups in total. The fourth-order valence-electron chi connectivity index (χ4n) is 2.42. The number of nitrogen functional groups attached to an aromatic ring is 1. The van der Waals surface area contributed by atoms with Crippen molar-refractivity contribution in [1.82, 2.24) is 9.97 Å². The van der Waals surface area contributed by atoms with Crippen molar-refractivity contribution in [2.75, 3.05) is 16.4 Å². The Labute approximate surface area is 138 Å². The zero-order valence-corrected chi connectivity index (χ0v) is 13.6. The van der Waals surface area contributed by atoms with Crippen molar-refractivity contribution in [3.8, 4) is 0 Å². The summed E-state index contributed by atoms with van der Waals surface area (Å²) in [5, 5.41) is 0.585. The molecule has 1 aliphatic heterocycles. The summed E-state index contributed by atoms with van der Waals surface area (Å²) < 4.78 is 13.0. The lowest BCUT2D eigenvalue weighted by Crippen LogP contribution is -2.26. The van der Waals surface area contributed by atoms with Gasteiger partial charge in [0.05, 0.1) is 13.0 Å². The van der Waals surface area contributed by atoms with Crippen molar-refractivity contribution < 1.29 is 9.18 Å². The first-order chi connectivity index (χ1) is 11.1. The number of nitrogens with two attached hydrogens (primary N) is 1. The van der Waals surface area contributed by atoms with Crippen LogP contribution < -0.4 is 10.6 Å². The number of carbonyl (C=O) groups is 1. The van der Waals surface area contributed by atoms with E-state index in [-0.39, 0.29) is 18.1 Å². The van der Waals surface area contributed by atoms with Crippen molar-refractivity contribution in [2.24, 2.45) is 0 Å². The van der Waals surface area contributed by atoms with Gasteiger partial charge in [-0.15, -0.1) is 0 Å². The molecule has 7 heteroatoms. The van der Waals surface area contributed by atoms with Gasteiger partial charge in [0.2, 0.25) is 5.91 Å². The highest BCUT2D eigenvalue weighted by Gasteiger charge is 2.31. The average molecular weight is 332 g/mol. The summed E-state index contributed by atoms with van der Waals surface area (Å²) in [5.41, 5.74) is 7.51. The number of amides is 1. The van der Waals surface area contributed by atoms with Gasteiger partial charge in [-0.25, -0.2) is 14.4 Å². The molecule has 0 aliphatic carbocycles. The second-order valence-corrected chi connectivity index (χ2v) is 6.39. The minimum Gasteiger partial charge on any atom is -0.383 e. The normalized spacial score (nSPS) is 13.5. The maximum absolute atomic E-state index is 13.0. The molecule has 1 aromatic heterocycles. The summed E-state index contributed by atoms with van der Waals surface area (Å²) in [6.45, 7) is 2.43. The minimum absolute atomic E-state index is 0.0667. The molecule has 2 aromatic rings. The van der Waals surface area contributed by atoms with Gasteiger partial charge in [-0.1, -0.05) is 30.8 Å². The first-order valence-electron chi connectivity index (χ1n) is 7.42. The Morgan fingerprint density at radius 3 is 2.74 bits per heavy atom. The molecule has 0 spiro atoms. The maximum Gasteiger partial charge on any atom is 0.233 e. The topological polar surface area (TPSA) is 72.1 Å². The Kier molecular flexibility index (Phi) is 4.47. The van der Waals surface area contributed by atoms with Crippen LogP contribution in [0.5, 0.6) is 0 Å². The molecule has 5 nitrogen and oxygen atoms in total. The number of rotatable bonds is 5. The molecular weight excluding hydrogens is 315 g/mol. The molecule has 1 aromatic carbocycles. The van der Waals surface area contributed by atoms with Crippen LogP contribution in [0.1, 0.15) is 24.5 Å². The molecule has 1 amide bonds. The smallest absolute Gasteiger partial charge is 0.233 e. The lowest BCUT2D eigenvalue weighted by atomic mass is 10.2. The molecule has 0 radical (unpaired) electrons. The summed E-state index contributed by atoms with van der Waals surface area (Å²) in [6.07, 6.45) is 1.21. The van der Waals surface area contributed by atoms with Gasteiger partial charge in [-0.2, -0.15) is 0 Å². The molecule has 0 unspecified atom stereocenters. The molecule has 0 bridgehead atoms. The van der Waals surface area contributed by atoms with Crippen LogP contribution in [0.25, 0.3) is 0 Å². The predicted octanol–water partition coefficient (Wildman–Crippen LogP) is 2.79. The Morgan fingerprint density at radius 2 is 2.04 bits per heavy atom. The molecule has 0 saturated heterocycles. The number of carbonyl (C=O) groups excluding carboxylic acids is 1. The van der Waals surface area contributed by atoms with Crippen molar-refractivity contribution in [1.29, 1.82) is 0 Å². The Morgan fingerprint density at radius 1 is 1.30 bits per heavy atom. The van der Waals surface area contributed by atoms with E-state index >= 15 is 0 Å². The Balaban J connectivity index is 1.90. The van der Waals surface area contributed by atoms with E-state index in [1.54, 1.807) is 17.0 Å². The van der Waals surface area contributed by atoms with Crippen molar-refractivity contribution >= 4 is 29.3 Å². The summed E-state index contributed by atoms with van der Waals surface area (Å²) in [4.78, 5) is 22.7. The monoisotopic (exact) mass is 332 g/mol. The molecule has 0 fully saturated rings. The number of aromatic nitrogens is 2. The molecule has 23 heavy (non-hydrogen) atoms. The second kappa shape index (κ2) is 6.54. The second-order valence-electron chi connectivity index (χ2n) is 5.33. The third kappa shape index (κ3) is 3.29. The van der Waals surface area contributed by atoms with Gasteiger partial charge in [0.25, 0.3) is 0 Å². The zero-order valence-electron chi connectivity index (χ0n) is 12.8. The lowest BCUT2D eigenvalue weighted by molar-refractivity contribution is -0.117. The van der Waals surface area contributed by atoms with E-state index < -0.39 is 0 Å². The summed E-state index contributed by atoms with van der Waals surface area (Å²) >= 11 is 1.52. The first kappa shape index (κ1) is 15.7. The Hall–Kier alpha value is -2.15. The fourth-order valence-corrected chi connectivity index (χ4v) is 3.12.